The lowest BCUT2D eigenvalue weighted by Gasteiger charge is -2.28. The number of rotatable bonds is 8. The average Bonchev–Trinajstić information content (AvgIpc) is 3.46. The van der Waals surface area contributed by atoms with Gasteiger partial charge in [-0.25, -0.2) is 8.42 Å². The minimum Gasteiger partial charge on any atom is -0.372 e. The zero-order chi connectivity index (χ0) is 23.4. The molecule has 2 aromatic carbocycles. The van der Waals surface area contributed by atoms with Gasteiger partial charge in [0, 0.05) is 43.0 Å². The Morgan fingerprint density at radius 1 is 1.06 bits per heavy atom. The molecule has 0 aliphatic carbocycles. The highest BCUT2D eigenvalue weighted by Crippen LogP contribution is 2.25. The predicted octanol–water partition coefficient (Wildman–Crippen LogP) is 4.02. The van der Waals surface area contributed by atoms with Crippen LogP contribution in [-0.2, 0) is 16.4 Å². The summed E-state index contributed by atoms with van der Waals surface area (Å²) < 4.78 is 29.7. The van der Waals surface area contributed by atoms with Gasteiger partial charge in [0.15, 0.2) is 21.3 Å². The molecule has 4 rings (SSSR count). The Kier molecular flexibility index (Phi) is 6.83. The number of nitrogens with zero attached hydrogens (tertiary/aromatic N) is 3. The fourth-order valence-electron chi connectivity index (χ4n) is 4.25. The maximum atomic E-state index is 13.5. The van der Waals surface area contributed by atoms with E-state index in [0.29, 0.717) is 18.7 Å². The lowest BCUT2D eigenvalue weighted by molar-refractivity contribution is 0.0670. The summed E-state index contributed by atoms with van der Waals surface area (Å²) in [4.78, 5) is 17.3. The van der Waals surface area contributed by atoms with Crippen LogP contribution < -0.4 is 4.90 Å². The maximum absolute atomic E-state index is 13.5. The number of amides is 1. The van der Waals surface area contributed by atoms with E-state index in [1.807, 2.05) is 54.6 Å². The van der Waals surface area contributed by atoms with Crippen LogP contribution in [0.2, 0.25) is 0 Å². The van der Waals surface area contributed by atoms with Crippen molar-refractivity contribution in [1.82, 2.24) is 10.1 Å². The molecule has 8 heteroatoms. The Labute approximate surface area is 194 Å². The van der Waals surface area contributed by atoms with Gasteiger partial charge in [-0.1, -0.05) is 47.6 Å². The number of benzene rings is 2. The quantitative estimate of drug-likeness (QED) is 0.498. The van der Waals surface area contributed by atoms with E-state index in [1.165, 1.54) is 0 Å². The van der Waals surface area contributed by atoms with Gasteiger partial charge in [0.1, 0.15) is 0 Å². The van der Waals surface area contributed by atoms with Gasteiger partial charge in [-0.15, -0.1) is 0 Å². The largest absolute Gasteiger partial charge is 0.372 e. The zero-order valence-electron chi connectivity index (χ0n) is 19.0. The summed E-state index contributed by atoms with van der Waals surface area (Å²) in [7, 11) is -3.16. The molecule has 3 aromatic rings. The molecule has 0 spiro atoms. The van der Waals surface area contributed by atoms with E-state index in [9.17, 15) is 13.2 Å². The summed E-state index contributed by atoms with van der Waals surface area (Å²) >= 11 is 0. The Balaban J connectivity index is 1.59. The van der Waals surface area contributed by atoms with E-state index in [0.717, 1.165) is 29.9 Å². The second-order valence-corrected chi connectivity index (χ2v) is 10.5. The second kappa shape index (κ2) is 9.79. The van der Waals surface area contributed by atoms with Crippen molar-refractivity contribution in [1.29, 1.82) is 0 Å². The Morgan fingerprint density at radius 3 is 2.36 bits per heavy atom. The topological polar surface area (TPSA) is 83.7 Å². The number of carbonyl (C=O) groups excluding carboxylic acids is 1. The molecule has 174 valence electrons. The molecule has 1 aromatic heterocycles. The smallest absolute Gasteiger partial charge is 0.276 e. The number of hydrogen-bond acceptors (Lipinski definition) is 6. The number of sulfone groups is 1. The monoisotopic (exact) mass is 467 g/mol. The van der Waals surface area contributed by atoms with Crippen LogP contribution in [-0.4, -0.2) is 55.0 Å². The third kappa shape index (κ3) is 5.27. The van der Waals surface area contributed by atoms with Crippen molar-refractivity contribution in [2.45, 2.75) is 32.9 Å². The van der Waals surface area contributed by atoms with Gasteiger partial charge in [-0.05, 0) is 38.0 Å². The summed E-state index contributed by atoms with van der Waals surface area (Å²) in [5, 5.41) is 4.00. The number of anilines is 1. The SMILES string of the molecule is CCN(CC)c1ccc(CN(C(=O)c2cc(-c3ccccc3)on2)C2CCS(=O)(=O)C2)cc1. The molecule has 0 N–H and O–H groups in total. The third-order valence-electron chi connectivity index (χ3n) is 6.12. The van der Waals surface area contributed by atoms with Crippen molar-refractivity contribution in [3.8, 4) is 11.3 Å². The molecule has 0 bridgehead atoms. The lowest BCUT2D eigenvalue weighted by atomic mass is 10.1. The summed E-state index contributed by atoms with van der Waals surface area (Å²) in [6.07, 6.45) is 0.426. The van der Waals surface area contributed by atoms with Crippen LogP contribution in [0.5, 0.6) is 0 Å². The predicted molar refractivity (Wildman–Crippen MR) is 129 cm³/mol. The normalized spacial score (nSPS) is 17.1. The molecule has 1 aliphatic rings. The molecule has 7 nitrogen and oxygen atoms in total. The Morgan fingerprint density at radius 2 is 1.76 bits per heavy atom. The first-order valence-electron chi connectivity index (χ1n) is 11.3. The first kappa shape index (κ1) is 23.0. The minimum atomic E-state index is -3.16. The highest BCUT2D eigenvalue weighted by atomic mass is 32.2. The van der Waals surface area contributed by atoms with Crippen molar-refractivity contribution < 1.29 is 17.7 Å². The first-order valence-corrected chi connectivity index (χ1v) is 13.1. The van der Waals surface area contributed by atoms with Crippen LogP contribution in [0.25, 0.3) is 11.3 Å². The average molecular weight is 468 g/mol. The van der Waals surface area contributed by atoms with E-state index in [2.05, 4.69) is 23.9 Å². The van der Waals surface area contributed by atoms with Gasteiger partial charge in [0.25, 0.3) is 5.91 Å². The summed E-state index contributed by atoms with van der Waals surface area (Å²) in [6, 6.07) is 18.7. The van der Waals surface area contributed by atoms with Crippen molar-refractivity contribution in [2.75, 3.05) is 29.5 Å². The van der Waals surface area contributed by atoms with E-state index in [4.69, 9.17) is 4.52 Å². The highest BCUT2D eigenvalue weighted by molar-refractivity contribution is 7.91. The molecular weight excluding hydrogens is 438 g/mol. The summed E-state index contributed by atoms with van der Waals surface area (Å²) in [6.45, 7) is 6.36. The van der Waals surface area contributed by atoms with Crippen molar-refractivity contribution in [3.05, 3.63) is 71.9 Å². The van der Waals surface area contributed by atoms with Gasteiger partial charge in [-0.2, -0.15) is 0 Å². The van der Waals surface area contributed by atoms with Crippen molar-refractivity contribution >= 4 is 21.4 Å². The summed E-state index contributed by atoms with van der Waals surface area (Å²) in [5.41, 5.74) is 3.06. The number of hydrogen-bond donors (Lipinski definition) is 0. The third-order valence-corrected chi connectivity index (χ3v) is 7.87. The lowest BCUT2D eigenvalue weighted by Crippen LogP contribution is -2.40. The maximum Gasteiger partial charge on any atom is 0.276 e. The molecule has 0 saturated carbocycles. The van der Waals surface area contributed by atoms with Crippen LogP contribution >= 0.6 is 0 Å². The molecule has 1 atom stereocenters. The van der Waals surface area contributed by atoms with Crippen LogP contribution in [0, 0.1) is 0 Å². The van der Waals surface area contributed by atoms with Crippen LogP contribution in [0.4, 0.5) is 5.69 Å². The van der Waals surface area contributed by atoms with Crippen molar-refractivity contribution in [2.24, 2.45) is 0 Å². The summed E-state index contributed by atoms with van der Waals surface area (Å²) in [5.74, 6) is 0.244. The van der Waals surface area contributed by atoms with Crippen LogP contribution in [0.3, 0.4) is 0 Å². The molecule has 33 heavy (non-hydrogen) atoms. The van der Waals surface area contributed by atoms with Gasteiger partial charge in [0.2, 0.25) is 0 Å². The van der Waals surface area contributed by atoms with Gasteiger partial charge >= 0.3 is 0 Å². The van der Waals surface area contributed by atoms with Gasteiger partial charge in [-0.3, -0.25) is 4.79 Å². The molecular formula is C25H29N3O4S. The number of carbonyl (C=O) groups is 1. The second-order valence-electron chi connectivity index (χ2n) is 8.27. The Hall–Kier alpha value is -3.13. The van der Waals surface area contributed by atoms with Crippen LogP contribution in [0.1, 0.15) is 36.3 Å². The zero-order valence-corrected chi connectivity index (χ0v) is 19.8. The van der Waals surface area contributed by atoms with E-state index in [1.54, 1.807) is 11.0 Å². The highest BCUT2D eigenvalue weighted by Gasteiger charge is 2.36. The molecule has 0 radical (unpaired) electrons. The van der Waals surface area contributed by atoms with E-state index in [-0.39, 0.29) is 29.1 Å². The molecule has 1 saturated heterocycles. The van der Waals surface area contributed by atoms with E-state index < -0.39 is 9.84 Å². The number of aromatic nitrogens is 1. The molecule has 2 heterocycles. The fraction of sp³-hybridized carbons (Fsp3) is 0.360. The Bertz CT molecular complexity index is 1190. The van der Waals surface area contributed by atoms with Gasteiger partial charge in [0.05, 0.1) is 11.5 Å². The van der Waals surface area contributed by atoms with E-state index >= 15 is 0 Å². The molecule has 1 fully saturated rings. The van der Waals surface area contributed by atoms with Crippen molar-refractivity contribution in [3.63, 3.8) is 0 Å². The molecule has 1 unspecified atom stereocenters. The molecule has 1 amide bonds. The fourth-order valence-corrected chi connectivity index (χ4v) is 5.98. The molecule has 1 aliphatic heterocycles. The first-order chi connectivity index (χ1) is 15.9. The van der Waals surface area contributed by atoms with Gasteiger partial charge < -0.3 is 14.3 Å². The van der Waals surface area contributed by atoms with Crippen LogP contribution in [0.15, 0.2) is 65.2 Å². The standard InChI is InChI=1S/C25H29N3O4S/c1-3-27(4-2)21-12-10-19(11-13-21)17-28(22-14-15-33(30,31)18-22)25(29)23-16-24(32-26-23)20-8-6-5-7-9-20/h5-13,16,22H,3-4,14-15,17-18H2,1-2H3. The minimum absolute atomic E-state index is 0.0281.